The summed E-state index contributed by atoms with van der Waals surface area (Å²) in [4.78, 5) is 6.46. The highest BCUT2D eigenvalue weighted by Crippen LogP contribution is 2.23. The number of anilines is 1. The first-order valence-electron chi connectivity index (χ1n) is 5.71. The molecule has 0 aliphatic carbocycles. The Morgan fingerprint density at radius 3 is 2.87 bits per heavy atom. The first-order valence-corrected chi connectivity index (χ1v) is 5.71. The molecule has 3 nitrogen and oxygen atoms in total. The summed E-state index contributed by atoms with van der Waals surface area (Å²) in [6.45, 7) is 4.38. The standard InChI is InChI=1S/C12H19N3/c1-2-10-9-15(8-5-12(10)13)11-3-6-14-7-4-11/h3-4,6-7,10,12H,2,5,8-9,13H2,1H3. The summed E-state index contributed by atoms with van der Waals surface area (Å²) in [5.74, 6) is 0.631. The quantitative estimate of drug-likeness (QED) is 0.798. The van der Waals surface area contributed by atoms with Crippen molar-refractivity contribution in [1.82, 2.24) is 4.98 Å². The van der Waals surface area contributed by atoms with E-state index in [0.29, 0.717) is 12.0 Å². The normalized spacial score (nSPS) is 26.7. The Kier molecular flexibility index (Phi) is 3.21. The van der Waals surface area contributed by atoms with E-state index < -0.39 is 0 Å². The van der Waals surface area contributed by atoms with Crippen molar-refractivity contribution < 1.29 is 0 Å². The fourth-order valence-corrected chi connectivity index (χ4v) is 2.27. The number of nitrogens with two attached hydrogens (primary N) is 1. The molecule has 1 fully saturated rings. The van der Waals surface area contributed by atoms with Crippen molar-refractivity contribution in [2.24, 2.45) is 11.7 Å². The summed E-state index contributed by atoms with van der Waals surface area (Å²) >= 11 is 0. The smallest absolute Gasteiger partial charge is 0.0397 e. The Morgan fingerprint density at radius 2 is 2.20 bits per heavy atom. The predicted octanol–water partition coefficient (Wildman–Crippen LogP) is 1.65. The number of rotatable bonds is 2. The number of piperidine rings is 1. The summed E-state index contributed by atoms with van der Waals surface area (Å²) in [7, 11) is 0. The maximum atomic E-state index is 6.09. The molecule has 0 radical (unpaired) electrons. The molecule has 2 rings (SSSR count). The Balaban J connectivity index is 2.06. The minimum Gasteiger partial charge on any atom is -0.371 e. The summed E-state index contributed by atoms with van der Waals surface area (Å²) < 4.78 is 0. The molecule has 2 N–H and O–H groups in total. The van der Waals surface area contributed by atoms with Crippen LogP contribution in [-0.4, -0.2) is 24.1 Å². The van der Waals surface area contributed by atoms with Gasteiger partial charge in [-0.1, -0.05) is 13.3 Å². The summed E-state index contributed by atoms with van der Waals surface area (Å²) in [6.07, 6.45) is 5.97. The monoisotopic (exact) mass is 205 g/mol. The third-order valence-electron chi connectivity index (χ3n) is 3.34. The molecule has 1 aromatic heterocycles. The van der Waals surface area contributed by atoms with Gasteiger partial charge in [0.25, 0.3) is 0 Å². The van der Waals surface area contributed by atoms with Crippen LogP contribution in [0, 0.1) is 5.92 Å². The van der Waals surface area contributed by atoms with Crippen LogP contribution < -0.4 is 10.6 Å². The SMILES string of the molecule is CCC1CN(c2ccncc2)CCC1N. The first kappa shape index (κ1) is 10.4. The van der Waals surface area contributed by atoms with Gasteiger partial charge < -0.3 is 10.6 Å². The van der Waals surface area contributed by atoms with E-state index in [0.717, 1.165) is 19.5 Å². The van der Waals surface area contributed by atoms with Crippen LogP contribution in [0.4, 0.5) is 5.69 Å². The molecule has 0 bridgehead atoms. The lowest BCUT2D eigenvalue weighted by atomic mass is 9.90. The maximum absolute atomic E-state index is 6.09. The van der Waals surface area contributed by atoms with E-state index >= 15 is 0 Å². The molecule has 2 unspecified atom stereocenters. The molecule has 2 atom stereocenters. The van der Waals surface area contributed by atoms with Gasteiger partial charge in [0, 0.05) is 37.2 Å². The number of hydrogen-bond acceptors (Lipinski definition) is 3. The summed E-state index contributed by atoms with van der Waals surface area (Å²) in [6, 6.07) is 4.53. The van der Waals surface area contributed by atoms with Crippen LogP contribution in [0.25, 0.3) is 0 Å². The van der Waals surface area contributed by atoms with Gasteiger partial charge in [-0.2, -0.15) is 0 Å². The van der Waals surface area contributed by atoms with E-state index in [2.05, 4.69) is 28.9 Å². The van der Waals surface area contributed by atoms with Crippen molar-refractivity contribution in [3.63, 3.8) is 0 Å². The molecular formula is C12H19N3. The topological polar surface area (TPSA) is 42.2 Å². The highest BCUT2D eigenvalue weighted by atomic mass is 15.1. The van der Waals surface area contributed by atoms with Crippen LogP contribution in [0.1, 0.15) is 19.8 Å². The second-order valence-electron chi connectivity index (χ2n) is 4.27. The van der Waals surface area contributed by atoms with Crippen LogP contribution in [0.2, 0.25) is 0 Å². The fourth-order valence-electron chi connectivity index (χ4n) is 2.27. The van der Waals surface area contributed by atoms with Crippen LogP contribution >= 0.6 is 0 Å². The molecular weight excluding hydrogens is 186 g/mol. The second-order valence-corrected chi connectivity index (χ2v) is 4.27. The minimum atomic E-state index is 0.382. The van der Waals surface area contributed by atoms with Crippen LogP contribution in [0.3, 0.4) is 0 Å². The van der Waals surface area contributed by atoms with Gasteiger partial charge in [-0.05, 0) is 24.5 Å². The van der Waals surface area contributed by atoms with Gasteiger partial charge in [-0.25, -0.2) is 0 Å². The van der Waals surface area contributed by atoms with Gasteiger partial charge in [0.05, 0.1) is 0 Å². The Hall–Kier alpha value is -1.09. The predicted molar refractivity (Wildman–Crippen MR) is 62.8 cm³/mol. The zero-order chi connectivity index (χ0) is 10.7. The van der Waals surface area contributed by atoms with E-state index in [1.165, 1.54) is 12.1 Å². The highest BCUT2D eigenvalue weighted by molar-refractivity contribution is 5.45. The molecule has 3 heteroatoms. The van der Waals surface area contributed by atoms with Crippen LogP contribution in [-0.2, 0) is 0 Å². The van der Waals surface area contributed by atoms with E-state index in [-0.39, 0.29) is 0 Å². The van der Waals surface area contributed by atoms with Gasteiger partial charge in [0.2, 0.25) is 0 Å². The van der Waals surface area contributed by atoms with E-state index in [1.54, 1.807) is 0 Å². The van der Waals surface area contributed by atoms with Crippen molar-refractivity contribution in [3.8, 4) is 0 Å². The molecule has 82 valence electrons. The molecule has 15 heavy (non-hydrogen) atoms. The lowest BCUT2D eigenvalue weighted by Gasteiger charge is -2.37. The van der Waals surface area contributed by atoms with Gasteiger partial charge in [0.15, 0.2) is 0 Å². The molecule has 1 aliphatic rings. The zero-order valence-electron chi connectivity index (χ0n) is 9.26. The molecule has 0 amide bonds. The van der Waals surface area contributed by atoms with Crippen molar-refractivity contribution >= 4 is 5.69 Å². The first-order chi connectivity index (χ1) is 7.31. The summed E-state index contributed by atoms with van der Waals surface area (Å²) in [5.41, 5.74) is 7.36. The second kappa shape index (κ2) is 4.62. The third kappa shape index (κ3) is 2.29. The molecule has 2 heterocycles. The van der Waals surface area contributed by atoms with Crippen molar-refractivity contribution in [3.05, 3.63) is 24.5 Å². The average molecular weight is 205 g/mol. The highest BCUT2D eigenvalue weighted by Gasteiger charge is 2.25. The van der Waals surface area contributed by atoms with E-state index in [9.17, 15) is 0 Å². The van der Waals surface area contributed by atoms with E-state index in [1.807, 2.05) is 12.4 Å². The Labute approximate surface area is 91.3 Å². The van der Waals surface area contributed by atoms with Gasteiger partial charge >= 0.3 is 0 Å². The fraction of sp³-hybridized carbons (Fsp3) is 0.583. The third-order valence-corrected chi connectivity index (χ3v) is 3.34. The number of aromatic nitrogens is 1. The van der Waals surface area contributed by atoms with E-state index in [4.69, 9.17) is 5.73 Å². The van der Waals surface area contributed by atoms with Crippen LogP contribution in [0.5, 0.6) is 0 Å². The lowest BCUT2D eigenvalue weighted by molar-refractivity contribution is 0.348. The zero-order valence-corrected chi connectivity index (χ0v) is 9.26. The molecule has 0 saturated carbocycles. The minimum absolute atomic E-state index is 0.382. The Morgan fingerprint density at radius 1 is 1.47 bits per heavy atom. The lowest BCUT2D eigenvalue weighted by Crippen LogP contribution is -2.46. The summed E-state index contributed by atoms with van der Waals surface area (Å²) in [5, 5.41) is 0. The average Bonchev–Trinajstić information content (AvgIpc) is 2.31. The van der Waals surface area contributed by atoms with Crippen molar-refractivity contribution in [2.45, 2.75) is 25.8 Å². The van der Waals surface area contributed by atoms with Crippen molar-refractivity contribution in [2.75, 3.05) is 18.0 Å². The maximum Gasteiger partial charge on any atom is 0.0397 e. The number of nitrogens with zero attached hydrogens (tertiary/aromatic N) is 2. The molecule has 1 saturated heterocycles. The number of hydrogen-bond donors (Lipinski definition) is 1. The molecule has 1 aliphatic heterocycles. The molecule has 0 spiro atoms. The largest absolute Gasteiger partial charge is 0.371 e. The van der Waals surface area contributed by atoms with Crippen molar-refractivity contribution in [1.29, 1.82) is 0 Å². The number of pyridine rings is 1. The van der Waals surface area contributed by atoms with Gasteiger partial charge in [-0.3, -0.25) is 4.98 Å². The Bertz CT molecular complexity index is 299. The van der Waals surface area contributed by atoms with Gasteiger partial charge in [-0.15, -0.1) is 0 Å². The van der Waals surface area contributed by atoms with Gasteiger partial charge in [0.1, 0.15) is 0 Å². The molecule has 1 aromatic rings. The van der Waals surface area contributed by atoms with Crippen LogP contribution in [0.15, 0.2) is 24.5 Å². The molecule has 0 aromatic carbocycles.